The third kappa shape index (κ3) is 7.67. The Labute approximate surface area is 297 Å². The molecular formula is C30H29Br2F13S3. The van der Waals surface area contributed by atoms with Gasteiger partial charge < -0.3 is 0 Å². The van der Waals surface area contributed by atoms with Crippen molar-refractivity contribution in [2.24, 2.45) is 0 Å². The van der Waals surface area contributed by atoms with Crippen LogP contribution in [0.25, 0.3) is 19.5 Å². The molecule has 272 valence electrons. The normalized spacial score (nSPS) is 14.6. The summed E-state index contributed by atoms with van der Waals surface area (Å²) in [5, 5.41) is 0. The molecule has 0 spiro atoms. The van der Waals surface area contributed by atoms with Crippen LogP contribution in [0, 0.1) is 0 Å². The average molecular weight is 893 g/mol. The molecule has 3 aromatic heterocycles. The lowest BCUT2D eigenvalue weighted by Crippen LogP contribution is -2.69. The van der Waals surface area contributed by atoms with Gasteiger partial charge in [0, 0.05) is 19.5 Å². The zero-order valence-electron chi connectivity index (χ0n) is 25.1. The molecule has 18 heteroatoms. The van der Waals surface area contributed by atoms with Crippen molar-refractivity contribution in [3.63, 3.8) is 0 Å². The van der Waals surface area contributed by atoms with E-state index in [1.807, 2.05) is 6.92 Å². The van der Waals surface area contributed by atoms with E-state index in [0.717, 1.165) is 52.1 Å². The number of halogens is 15. The van der Waals surface area contributed by atoms with Gasteiger partial charge in [-0.05, 0) is 80.4 Å². The highest BCUT2D eigenvalue weighted by atomic mass is 79.9. The fraction of sp³-hybridized carbons (Fsp3) is 0.600. The highest BCUT2D eigenvalue weighted by molar-refractivity contribution is 9.11. The summed E-state index contributed by atoms with van der Waals surface area (Å²) in [7, 11) is 0. The van der Waals surface area contributed by atoms with E-state index in [9.17, 15) is 39.5 Å². The molecule has 1 atom stereocenters. The van der Waals surface area contributed by atoms with Crippen LogP contribution in [0.15, 0.2) is 31.8 Å². The van der Waals surface area contributed by atoms with Gasteiger partial charge in [0.1, 0.15) is 0 Å². The largest absolute Gasteiger partial charge is 0.460 e. The highest BCUT2D eigenvalue weighted by Crippen LogP contribution is 2.64. The first-order valence-corrected chi connectivity index (χ1v) is 18.7. The summed E-state index contributed by atoms with van der Waals surface area (Å²) in [5.41, 5.74) is -2.45. The molecule has 3 aromatic rings. The molecule has 1 unspecified atom stereocenters. The van der Waals surface area contributed by atoms with E-state index in [1.54, 1.807) is 18.2 Å². The standard InChI is InChI=1S/C30H29Br2F13S3/c1-3-5-6-7-8-9-10-11-16(4-2)21-22(24(32)48-23(21)19-13-12-17(46-19)18-14-15-20(31)47-18)25(33,34)26(35,36)27(37,38)28(39,40)29(41,42)30(43,44)45/h12-16H,3-11H2,1-2H3. The number of hydrogen-bond acceptors (Lipinski definition) is 3. The molecule has 0 N–H and O–H groups in total. The molecule has 0 aliphatic rings. The van der Waals surface area contributed by atoms with Crippen LogP contribution in [0.5, 0.6) is 0 Å². The second-order valence-electron chi connectivity index (χ2n) is 11.1. The second kappa shape index (κ2) is 15.4. The fourth-order valence-electron chi connectivity index (χ4n) is 5.15. The van der Waals surface area contributed by atoms with Crippen LogP contribution >= 0.6 is 65.9 Å². The maximum Gasteiger partial charge on any atom is 0.460 e. The van der Waals surface area contributed by atoms with Crippen molar-refractivity contribution in [3.05, 3.63) is 43.0 Å². The first-order valence-electron chi connectivity index (χ1n) is 14.7. The Morgan fingerprint density at radius 2 is 1.08 bits per heavy atom. The Bertz CT molecular complexity index is 1510. The third-order valence-electron chi connectivity index (χ3n) is 7.85. The minimum atomic E-state index is -7.96. The van der Waals surface area contributed by atoms with Crippen molar-refractivity contribution in [2.45, 2.75) is 113 Å². The van der Waals surface area contributed by atoms with Crippen LogP contribution in [0.2, 0.25) is 0 Å². The lowest BCUT2D eigenvalue weighted by Gasteiger charge is -2.40. The van der Waals surface area contributed by atoms with E-state index in [1.165, 1.54) is 24.3 Å². The minimum Gasteiger partial charge on any atom is -0.194 e. The Balaban J connectivity index is 2.18. The van der Waals surface area contributed by atoms with E-state index < -0.39 is 56.6 Å². The lowest BCUT2D eigenvalue weighted by atomic mass is 9.83. The van der Waals surface area contributed by atoms with E-state index in [2.05, 4.69) is 31.9 Å². The van der Waals surface area contributed by atoms with Crippen LogP contribution in [-0.4, -0.2) is 29.9 Å². The van der Waals surface area contributed by atoms with Gasteiger partial charge in [0.15, 0.2) is 0 Å². The summed E-state index contributed by atoms with van der Waals surface area (Å²) in [6.07, 6.45) is -1.81. The molecule has 3 rings (SSSR count). The molecule has 0 saturated carbocycles. The minimum absolute atomic E-state index is 0.00450. The van der Waals surface area contributed by atoms with Crippen molar-refractivity contribution < 1.29 is 57.1 Å². The molecule has 0 aliphatic carbocycles. The van der Waals surface area contributed by atoms with Crippen molar-refractivity contribution >= 4 is 65.9 Å². The van der Waals surface area contributed by atoms with Gasteiger partial charge in [0.05, 0.1) is 13.1 Å². The van der Waals surface area contributed by atoms with Crippen LogP contribution in [0.1, 0.15) is 88.7 Å². The molecule has 0 radical (unpaired) electrons. The maximum absolute atomic E-state index is 15.9. The van der Waals surface area contributed by atoms with Crippen LogP contribution in [0.4, 0.5) is 57.1 Å². The SMILES string of the molecule is CCCCCCCCCC(CC)c1c(-c2ccc(-c3ccc(Br)s3)s2)sc(Br)c1C(F)(F)C(F)(F)C(F)(F)C(F)(F)C(F)(F)C(F)(F)F. The van der Waals surface area contributed by atoms with Crippen molar-refractivity contribution in [1.82, 2.24) is 0 Å². The lowest BCUT2D eigenvalue weighted by molar-refractivity contribution is -0.441. The zero-order chi connectivity index (χ0) is 36.5. The van der Waals surface area contributed by atoms with Gasteiger partial charge in [-0.25, -0.2) is 0 Å². The van der Waals surface area contributed by atoms with E-state index in [0.29, 0.717) is 29.1 Å². The monoisotopic (exact) mass is 890 g/mol. The van der Waals surface area contributed by atoms with Gasteiger partial charge in [0.25, 0.3) is 0 Å². The molecule has 0 bridgehead atoms. The van der Waals surface area contributed by atoms with E-state index in [-0.39, 0.29) is 22.6 Å². The first kappa shape index (κ1) is 41.6. The molecule has 0 amide bonds. The predicted octanol–water partition coefficient (Wildman–Crippen LogP) is 15.6. The topological polar surface area (TPSA) is 0 Å². The Morgan fingerprint density at radius 1 is 0.583 bits per heavy atom. The molecule has 0 fully saturated rings. The van der Waals surface area contributed by atoms with Gasteiger partial charge in [-0.2, -0.15) is 57.1 Å². The van der Waals surface area contributed by atoms with Crippen LogP contribution in [0.3, 0.4) is 0 Å². The van der Waals surface area contributed by atoms with Crippen molar-refractivity contribution in [2.75, 3.05) is 0 Å². The molecule has 0 aromatic carbocycles. The summed E-state index contributed by atoms with van der Waals surface area (Å²) in [6.45, 7) is 3.53. The van der Waals surface area contributed by atoms with E-state index >= 15 is 17.6 Å². The molecule has 48 heavy (non-hydrogen) atoms. The van der Waals surface area contributed by atoms with Gasteiger partial charge in [-0.1, -0.05) is 58.8 Å². The number of unbranched alkanes of at least 4 members (excludes halogenated alkanes) is 6. The molecule has 0 aliphatic heterocycles. The Morgan fingerprint density at radius 3 is 1.60 bits per heavy atom. The fourth-order valence-corrected chi connectivity index (χ4v) is 9.85. The Kier molecular flexibility index (Phi) is 13.3. The highest BCUT2D eigenvalue weighted by Gasteiger charge is 2.91. The van der Waals surface area contributed by atoms with Crippen LogP contribution in [-0.2, 0) is 5.92 Å². The van der Waals surface area contributed by atoms with Crippen molar-refractivity contribution in [1.29, 1.82) is 0 Å². The maximum atomic E-state index is 15.9. The molecular weight excluding hydrogens is 863 g/mol. The second-order valence-corrected chi connectivity index (χ2v) is 17.0. The average Bonchev–Trinajstić information content (AvgIpc) is 3.72. The van der Waals surface area contributed by atoms with Gasteiger partial charge in [-0.3, -0.25) is 0 Å². The number of hydrogen-bond donors (Lipinski definition) is 0. The third-order valence-corrected chi connectivity index (χ3v) is 12.8. The summed E-state index contributed by atoms with van der Waals surface area (Å²) >= 11 is 8.79. The summed E-state index contributed by atoms with van der Waals surface area (Å²) < 4.78 is 185. The van der Waals surface area contributed by atoms with Gasteiger partial charge >= 0.3 is 35.8 Å². The van der Waals surface area contributed by atoms with Crippen molar-refractivity contribution in [3.8, 4) is 19.5 Å². The quantitative estimate of drug-likeness (QED) is 0.0936. The molecule has 3 heterocycles. The molecule has 0 nitrogen and oxygen atoms in total. The van der Waals surface area contributed by atoms with Gasteiger partial charge in [-0.15, -0.1) is 34.0 Å². The first-order chi connectivity index (χ1) is 22.0. The number of alkyl halides is 13. The smallest absolute Gasteiger partial charge is 0.194 e. The van der Waals surface area contributed by atoms with Crippen LogP contribution < -0.4 is 0 Å². The van der Waals surface area contributed by atoms with E-state index in [4.69, 9.17) is 0 Å². The number of thiophene rings is 3. The molecule has 0 saturated heterocycles. The zero-order valence-corrected chi connectivity index (χ0v) is 30.8. The predicted molar refractivity (Wildman–Crippen MR) is 172 cm³/mol. The van der Waals surface area contributed by atoms with Gasteiger partial charge in [0.2, 0.25) is 0 Å². The number of rotatable bonds is 17. The summed E-state index contributed by atoms with van der Waals surface area (Å²) in [6, 6.07) is 6.56. The Hall–Kier alpha value is -0.850. The summed E-state index contributed by atoms with van der Waals surface area (Å²) in [5.74, 6) is -38.4. The summed E-state index contributed by atoms with van der Waals surface area (Å²) in [4.78, 5) is 1.51.